The van der Waals surface area contributed by atoms with Crippen molar-refractivity contribution in [3.05, 3.63) is 24.4 Å². The van der Waals surface area contributed by atoms with Crippen LogP contribution in [0.25, 0.3) is 0 Å². The predicted octanol–water partition coefficient (Wildman–Crippen LogP) is 2.05. The fourth-order valence-corrected chi connectivity index (χ4v) is 2.19. The zero-order valence-corrected chi connectivity index (χ0v) is 10.5. The minimum atomic E-state index is -0.699. The molecule has 1 atom stereocenters. The van der Waals surface area contributed by atoms with E-state index in [1.165, 1.54) is 0 Å². The van der Waals surface area contributed by atoms with Crippen molar-refractivity contribution in [2.75, 3.05) is 12.3 Å². The number of nitrogens with zero attached hydrogens (tertiary/aromatic N) is 1. The molecule has 0 aliphatic carbocycles. The van der Waals surface area contributed by atoms with Crippen LogP contribution in [0, 0.1) is 0 Å². The van der Waals surface area contributed by atoms with E-state index in [-0.39, 0.29) is 0 Å². The van der Waals surface area contributed by atoms with Crippen molar-refractivity contribution < 1.29 is 5.11 Å². The first-order valence-corrected chi connectivity index (χ1v) is 6.59. The van der Waals surface area contributed by atoms with Crippen LogP contribution in [0.5, 0.6) is 0 Å². The minimum Gasteiger partial charge on any atom is -0.389 e. The first-order valence-electron chi connectivity index (χ1n) is 5.60. The summed E-state index contributed by atoms with van der Waals surface area (Å²) >= 11 is 1.75. The second-order valence-electron chi connectivity index (χ2n) is 4.17. The summed E-state index contributed by atoms with van der Waals surface area (Å²) in [6.07, 6.45) is 4.66. The van der Waals surface area contributed by atoms with Crippen molar-refractivity contribution in [3.8, 4) is 0 Å². The zero-order chi connectivity index (χ0) is 11.9. The molecule has 3 nitrogen and oxygen atoms in total. The van der Waals surface area contributed by atoms with E-state index in [4.69, 9.17) is 5.73 Å². The largest absolute Gasteiger partial charge is 0.389 e. The number of aliphatic hydroxyl groups is 1. The molecule has 90 valence electrons. The summed E-state index contributed by atoms with van der Waals surface area (Å²) in [7, 11) is 0. The van der Waals surface area contributed by atoms with Crippen LogP contribution in [0.2, 0.25) is 0 Å². The fraction of sp³-hybridized carbons (Fsp3) is 0.583. The number of unbranched alkanes of at least 4 members (excludes halogenated alkanes) is 1. The number of hydrogen-bond acceptors (Lipinski definition) is 4. The third-order valence-electron chi connectivity index (χ3n) is 2.44. The molecule has 3 N–H and O–H groups in total. The van der Waals surface area contributed by atoms with Gasteiger partial charge >= 0.3 is 0 Å². The molecule has 0 bridgehead atoms. The Morgan fingerprint density at radius 1 is 1.44 bits per heavy atom. The number of rotatable bonds is 7. The first-order chi connectivity index (χ1) is 7.64. The molecule has 0 amide bonds. The van der Waals surface area contributed by atoms with Gasteiger partial charge in [-0.15, -0.1) is 11.8 Å². The molecule has 4 heteroatoms. The van der Waals surface area contributed by atoms with Gasteiger partial charge in [-0.25, -0.2) is 4.98 Å². The Labute approximate surface area is 101 Å². The summed E-state index contributed by atoms with van der Waals surface area (Å²) in [5.74, 6) is 1.04. The van der Waals surface area contributed by atoms with E-state index in [2.05, 4.69) is 4.98 Å². The van der Waals surface area contributed by atoms with Gasteiger partial charge in [0.05, 0.1) is 10.6 Å². The van der Waals surface area contributed by atoms with Crippen molar-refractivity contribution in [2.45, 2.75) is 36.8 Å². The van der Waals surface area contributed by atoms with Crippen LogP contribution in [-0.4, -0.2) is 28.0 Å². The lowest BCUT2D eigenvalue weighted by Crippen LogP contribution is -2.33. The number of aromatic nitrogens is 1. The number of hydrogen-bond donors (Lipinski definition) is 2. The first kappa shape index (κ1) is 13.5. The van der Waals surface area contributed by atoms with E-state index < -0.39 is 5.60 Å². The topological polar surface area (TPSA) is 59.1 Å². The van der Waals surface area contributed by atoms with Gasteiger partial charge in [-0.05, 0) is 44.1 Å². The van der Waals surface area contributed by atoms with Gasteiger partial charge in [-0.1, -0.05) is 6.07 Å². The molecule has 1 unspecified atom stereocenters. The van der Waals surface area contributed by atoms with E-state index in [0.717, 1.165) is 30.0 Å². The van der Waals surface area contributed by atoms with E-state index >= 15 is 0 Å². The lowest BCUT2D eigenvalue weighted by Gasteiger charge is -2.20. The van der Waals surface area contributed by atoms with Crippen LogP contribution in [0.1, 0.15) is 26.2 Å². The normalized spacial score (nSPS) is 14.7. The SMILES string of the molecule is CC(O)(CN)CCCCSc1ccccn1. The smallest absolute Gasteiger partial charge is 0.0959 e. The summed E-state index contributed by atoms with van der Waals surface area (Å²) in [6.45, 7) is 2.12. The molecule has 0 aliphatic rings. The van der Waals surface area contributed by atoms with Gasteiger partial charge in [0.2, 0.25) is 0 Å². The Morgan fingerprint density at radius 3 is 2.88 bits per heavy atom. The quantitative estimate of drug-likeness (QED) is 0.566. The van der Waals surface area contributed by atoms with Gasteiger partial charge in [-0.2, -0.15) is 0 Å². The monoisotopic (exact) mass is 240 g/mol. The Kier molecular flexibility index (Phi) is 5.80. The average Bonchev–Trinajstić information content (AvgIpc) is 2.30. The molecule has 1 aromatic heterocycles. The molecule has 0 fully saturated rings. The zero-order valence-electron chi connectivity index (χ0n) is 9.72. The van der Waals surface area contributed by atoms with Gasteiger partial charge in [0, 0.05) is 12.7 Å². The highest BCUT2D eigenvalue weighted by molar-refractivity contribution is 7.99. The van der Waals surface area contributed by atoms with Crippen molar-refractivity contribution in [3.63, 3.8) is 0 Å². The Balaban J connectivity index is 2.09. The van der Waals surface area contributed by atoms with Gasteiger partial charge in [0.1, 0.15) is 0 Å². The molecule has 0 saturated carbocycles. The maximum Gasteiger partial charge on any atom is 0.0959 e. The van der Waals surface area contributed by atoms with Crippen molar-refractivity contribution >= 4 is 11.8 Å². The Morgan fingerprint density at radius 2 is 2.25 bits per heavy atom. The molecule has 1 aromatic rings. The van der Waals surface area contributed by atoms with Crippen LogP contribution in [-0.2, 0) is 0 Å². The van der Waals surface area contributed by atoms with Gasteiger partial charge in [-0.3, -0.25) is 0 Å². The summed E-state index contributed by atoms with van der Waals surface area (Å²) in [5.41, 5.74) is 4.75. The third-order valence-corrected chi connectivity index (χ3v) is 3.47. The molecule has 0 spiro atoms. The second kappa shape index (κ2) is 6.89. The third kappa shape index (κ3) is 5.49. The van der Waals surface area contributed by atoms with Crippen molar-refractivity contribution in [2.24, 2.45) is 5.73 Å². The van der Waals surface area contributed by atoms with Crippen LogP contribution in [0.3, 0.4) is 0 Å². The lowest BCUT2D eigenvalue weighted by atomic mass is 10.00. The molecule has 0 aliphatic heterocycles. The van der Waals surface area contributed by atoms with E-state index in [1.54, 1.807) is 18.7 Å². The summed E-state index contributed by atoms with van der Waals surface area (Å²) in [6, 6.07) is 5.93. The van der Waals surface area contributed by atoms with Gasteiger partial charge < -0.3 is 10.8 Å². The molecule has 0 radical (unpaired) electrons. The Bertz CT molecular complexity index is 290. The molecule has 0 saturated heterocycles. The standard InChI is InChI=1S/C12H20N2OS/c1-12(15,10-13)7-3-5-9-16-11-6-2-4-8-14-11/h2,4,6,8,15H,3,5,7,9-10,13H2,1H3. The highest BCUT2D eigenvalue weighted by Crippen LogP contribution is 2.18. The van der Waals surface area contributed by atoms with E-state index in [1.807, 2.05) is 24.4 Å². The van der Waals surface area contributed by atoms with Crippen LogP contribution >= 0.6 is 11.8 Å². The summed E-state index contributed by atoms with van der Waals surface area (Å²) < 4.78 is 0. The summed E-state index contributed by atoms with van der Waals surface area (Å²) in [4.78, 5) is 4.23. The maximum absolute atomic E-state index is 9.70. The van der Waals surface area contributed by atoms with Crippen LogP contribution in [0.4, 0.5) is 0 Å². The van der Waals surface area contributed by atoms with Crippen LogP contribution in [0.15, 0.2) is 29.4 Å². The minimum absolute atomic E-state index is 0.334. The summed E-state index contributed by atoms with van der Waals surface area (Å²) in [5, 5.41) is 10.8. The average molecular weight is 240 g/mol. The van der Waals surface area contributed by atoms with Crippen LogP contribution < -0.4 is 5.73 Å². The fourth-order valence-electron chi connectivity index (χ4n) is 1.32. The molecule has 1 rings (SSSR count). The number of thioether (sulfide) groups is 1. The highest BCUT2D eigenvalue weighted by Gasteiger charge is 2.16. The molecular formula is C12H20N2OS. The molecule has 1 heterocycles. The highest BCUT2D eigenvalue weighted by atomic mass is 32.2. The van der Waals surface area contributed by atoms with Crippen molar-refractivity contribution in [1.29, 1.82) is 0 Å². The lowest BCUT2D eigenvalue weighted by molar-refractivity contribution is 0.0577. The Hall–Kier alpha value is -0.580. The van der Waals surface area contributed by atoms with E-state index in [9.17, 15) is 5.11 Å². The van der Waals surface area contributed by atoms with Crippen molar-refractivity contribution in [1.82, 2.24) is 4.98 Å². The second-order valence-corrected chi connectivity index (χ2v) is 5.29. The van der Waals surface area contributed by atoms with Gasteiger partial charge in [0.25, 0.3) is 0 Å². The molecular weight excluding hydrogens is 220 g/mol. The number of pyridine rings is 1. The molecule has 16 heavy (non-hydrogen) atoms. The van der Waals surface area contributed by atoms with Gasteiger partial charge in [0.15, 0.2) is 0 Å². The number of nitrogens with two attached hydrogens (primary N) is 1. The maximum atomic E-state index is 9.70. The molecule has 0 aromatic carbocycles. The predicted molar refractivity (Wildman–Crippen MR) is 68.5 cm³/mol. The van der Waals surface area contributed by atoms with E-state index in [0.29, 0.717) is 6.54 Å².